The molecule has 0 radical (unpaired) electrons. The van der Waals surface area contributed by atoms with E-state index in [2.05, 4.69) is 40.6 Å². The first kappa shape index (κ1) is 20.9. The number of anilines is 1. The Morgan fingerprint density at radius 2 is 1.51 bits per heavy atom. The van der Waals surface area contributed by atoms with Gasteiger partial charge in [-0.25, -0.2) is 4.99 Å². The van der Waals surface area contributed by atoms with Gasteiger partial charge in [0.2, 0.25) is 0 Å². The second kappa shape index (κ2) is 8.58. The van der Waals surface area contributed by atoms with Gasteiger partial charge in [-0.1, -0.05) is 78.9 Å². The van der Waals surface area contributed by atoms with Crippen LogP contribution in [0.15, 0.2) is 114 Å². The molecule has 0 atom stereocenters. The Balaban J connectivity index is 1.25. The highest BCUT2D eigenvalue weighted by Crippen LogP contribution is 2.38. The highest BCUT2D eigenvalue weighted by Gasteiger charge is 2.23. The van der Waals surface area contributed by atoms with Gasteiger partial charge in [-0.15, -0.1) is 0 Å². The van der Waals surface area contributed by atoms with E-state index in [-0.39, 0.29) is 5.91 Å². The van der Waals surface area contributed by atoms with Crippen molar-refractivity contribution in [3.63, 3.8) is 0 Å². The molecule has 6 rings (SSSR count). The van der Waals surface area contributed by atoms with E-state index in [0.29, 0.717) is 22.8 Å². The van der Waals surface area contributed by atoms with Crippen molar-refractivity contribution < 1.29 is 4.79 Å². The lowest BCUT2D eigenvalue weighted by Crippen LogP contribution is -2.14. The molecule has 0 bridgehead atoms. The first-order chi connectivity index (χ1) is 17.2. The third-order valence-corrected chi connectivity index (χ3v) is 6.49. The molecule has 0 fully saturated rings. The topological polar surface area (TPSA) is 67.5 Å². The second-order valence-corrected chi connectivity index (χ2v) is 8.73. The fourth-order valence-electron chi connectivity index (χ4n) is 4.77. The highest BCUT2D eigenvalue weighted by atomic mass is 16.1. The van der Waals surface area contributed by atoms with E-state index < -0.39 is 0 Å². The number of amides is 1. The smallest absolute Gasteiger partial charge is 0.255 e. The minimum atomic E-state index is -0.127. The molecule has 4 nitrogen and oxygen atoms in total. The van der Waals surface area contributed by atoms with Crippen LogP contribution in [0.5, 0.6) is 0 Å². The van der Waals surface area contributed by atoms with E-state index >= 15 is 0 Å². The van der Waals surface area contributed by atoms with Gasteiger partial charge in [0.25, 0.3) is 5.91 Å². The standard InChI is InChI=1S/C31H23N3O/c32-30(23-16-15-20-7-1-2-8-21(20)17-23)33-24-10-5-11-25(19-24)34-31(35)28-14-6-13-27-26-12-4-3-9-22(26)18-29(27)28/h1-17,19H,18H2,(H2,32,33)(H,34,35). The molecule has 1 amide bonds. The number of rotatable bonds is 4. The van der Waals surface area contributed by atoms with Crippen molar-refractivity contribution in [3.05, 3.63) is 131 Å². The van der Waals surface area contributed by atoms with Crippen molar-refractivity contribution in [1.29, 1.82) is 0 Å². The molecule has 0 saturated heterocycles. The van der Waals surface area contributed by atoms with E-state index in [1.165, 1.54) is 11.1 Å². The number of benzene rings is 5. The molecule has 0 unspecified atom stereocenters. The maximum atomic E-state index is 13.2. The third kappa shape index (κ3) is 3.96. The Morgan fingerprint density at radius 3 is 2.43 bits per heavy atom. The number of aliphatic imine (C=N–C) groups is 1. The molecular weight excluding hydrogens is 430 g/mol. The van der Waals surface area contributed by atoms with Crippen molar-refractivity contribution in [2.75, 3.05) is 5.32 Å². The Kier molecular flexibility index (Phi) is 5.12. The number of carbonyl (C=O) groups excluding carboxylic acids is 1. The van der Waals surface area contributed by atoms with Crippen LogP contribution in [0.3, 0.4) is 0 Å². The summed E-state index contributed by atoms with van der Waals surface area (Å²) in [5.41, 5.74) is 13.9. The summed E-state index contributed by atoms with van der Waals surface area (Å²) >= 11 is 0. The summed E-state index contributed by atoms with van der Waals surface area (Å²) in [6.45, 7) is 0. The van der Waals surface area contributed by atoms with E-state index in [1.54, 1.807) is 0 Å². The maximum Gasteiger partial charge on any atom is 0.255 e. The lowest BCUT2D eigenvalue weighted by Gasteiger charge is -2.10. The maximum absolute atomic E-state index is 13.2. The lowest BCUT2D eigenvalue weighted by molar-refractivity contribution is 0.102. The largest absolute Gasteiger partial charge is 0.383 e. The molecule has 3 N–H and O–H groups in total. The Morgan fingerprint density at radius 1 is 0.743 bits per heavy atom. The molecule has 0 heterocycles. The number of carbonyl (C=O) groups is 1. The summed E-state index contributed by atoms with van der Waals surface area (Å²) in [5.74, 6) is 0.302. The zero-order chi connectivity index (χ0) is 23.8. The number of amidine groups is 1. The van der Waals surface area contributed by atoms with Crippen molar-refractivity contribution >= 4 is 33.9 Å². The third-order valence-electron chi connectivity index (χ3n) is 6.49. The SMILES string of the molecule is NC(=Nc1cccc(NC(=O)c2cccc3c2Cc2ccccc2-3)c1)c1ccc2ccccc2c1. The van der Waals surface area contributed by atoms with Crippen molar-refractivity contribution in [2.24, 2.45) is 10.7 Å². The molecule has 4 heteroatoms. The fourth-order valence-corrected chi connectivity index (χ4v) is 4.77. The highest BCUT2D eigenvalue weighted by molar-refractivity contribution is 6.07. The molecule has 1 aliphatic rings. The summed E-state index contributed by atoms with van der Waals surface area (Å²) in [7, 11) is 0. The van der Waals surface area contributed by atoms with Gasteiger partial charge in [-0.2, -0.15) is 0 Å². The number of hydrogen-bond donors (Lipinski definition) is 2. The zero-order valence-electron chi connectivity index (χ0n) is 19.0. The summed E-state index contributed by atoms with van der Waals surface area (Å²) in [6, 6.07) is 35.9. The Labute approximate surface area is 203 Å². The molecule has 1 aliphatic carbocycles. The van der Waals surface area contributed by atoms with Crippen LogP contribution < -0.4 is 11.1 Å². The van der Waals surface area contributed by atoms with Crippen LogP contribution in [-0.2, 0) is 6.42 Å². The summed E-state index contributed by atoms with van der Waals surface area (Å²) < 4.78 is 0. The van der Waals surface area contributed by atoms with Gasteiger partial charge in [0.15, 0.2) is 0 Å². The number of nitrogens with one attached hydrogen (secondary N) is 1. The molecular formula is C31H23N3O. The van der Waals surface area contributed by atoms with Crippen LogP contribution in [0, 0.1) is 0 Å². The van der Waals surface area contributed by atoms with Crippen molar-refractivity contribution in [3.8, 4) is 11.1 Å². The number of nitrogens with zero attached hydrogens (tertiary/aromatic N) is 1. The number of fused-ring (bicyclic) bond motifs is 4. The molecule has 0 spiro atoms. The minimum absolute atomic E-state index is 0.127. The first-order valence-electron chi connectivity index (χ1n) is 11.6. The molecule has 35 heavy (non-hydrogen) atoms. The van der Waals surface area contributed by atoms with Gasteiger partial charge in [-0.3, -0.25) is 4.79 Å². The molecule has 5 aromatic carbocycles. The zero-order valence-corrected chi connectivity index (χ0v) is 19.0. The Bertz CT molecular complexity index is 1630. The second-order valence-electron chi connectivity index (χ2n) is 8.73. The summed E-state index contributed by atoms with van der Waals surface area (Å²) in [6.07, 6.45) is 0.766. The molecule has 5 aromatic rings. The van der Waals surface area contributed by atoms with Gasteiger partial charge < -0.3 is 11.1 Å². The summed E-state index contributed by atoms with van der Waals surface area (Å²) in [5, 5.41) is 5.31. The molecule has 0 aliphatic heterocycles. The van der Waals surface area contributed by atoms with Crippen molar-refractivity contribution in [1.82, 2.24) is 0 Å². The van der Waals surface area contributed by atoms with E-state index in [0.717, 1.165) is 33.9 Å². The average Bonchev–Trinajstić information content (AvgIpc) is 3.27. The van der Waals surface area contributed by atoms with E-state index in [4.69, 9.17) is 5.73 Å². The van der Waals surface area contributed by atoms with Crippen LogP contribution in [0.1, 0.15) is 27.0 Å². The summed E-state index contributed by atoms with van der Waals surface area (Å²) in [4.78, 5) is 17.8. The lowest BCUT2D eigenvalue weighted by atomic mass is 10.0. The molecule has 0 aromatic heterocycles. The Hall–Kier alpha value is -4.70. The predicted molar refractivity (Wildman–Crippen MR) is 143 cm³/mol. The van der Waals surface area contributed by atoms with Gasteiger partial charge in [0, 0.05) is 16.8 Å². The quantitative estimate of drug-likeness (QED) is 0.230. The normalized spacial score (nSPS) is 12.3. The van der Waals surface area contributed by atoms with Crippen LogP contribution in [-0.4, -0.2) is 11.7 Å². The molecule has 168 valence electrons. The monoisotopic (exact) mass is 453 g/mol. The van der Waals surface area contributed by atoms with Crippen LogP contribution in [0.4, 0.5) is 11.4 Å². The van der Waals surface area contributed by atoms with Gasteiger partial charge >= 0.3 is 0 Å². The van der Waals surface area contributed by atoms with Crippen LogP contribution in [0.25, 0.3) is 21.9 Å². The van der Waals surface area contributed by atoms with Gasteiger partial charge in [0.1, 0.15) is 5.84 Å². The van der Waals surface area contributed by atoms with E-state index in [9.17, 15) is 4.79 Å². The predicted octanol–water partition coefficient (Wildman–Crippen LogP) is 6.70. The average molecular weight is 454 g/mol. The van der Waals surface area contributed by atoms with Crippen molar-refractivity contribution in [2.45, 2.75) is 6.42 Å². The molecule has 0 saturated carbocycles. The minimum Gasteiger partial charge on any atom is -0.383 e. The fraction of sp³-hybridized carbons (Fsp3) is 0.0323. The van der Waals surface area contributed by atoms with Crippen LogP contribution in [0.2, 0.25) is 0 Å². The van der Waals surface area contributed by atoms with Crippen LogP contribution >= 0.6 is 0 Å². The number of nitrogens with two attached hydrogens (primary N) is 1. The number of hydrogen-bond acceptors (Lipinski definition) is 2. The van der Waals surface area contributed by atoms with Gasteiger partial charge in [-0.05, 0) is 69.8 Å². The van der Waals surface area contributed by atoms with E-state index in [1.807, 2.05) is 78.9 Å². The van der Waals surface area contributed by atoms with Gasteiger partial charge in [0.05, 0.1) is 5.69 Å². The first-order valence-corrected chi connectivity index (χ1v) is 11.6.